The van der Waals surface area contributed by atoms with E-state index < -0.39 is 0 Å². The molecular weight excluding hydrogens is 380 g/mol. The molecule has 0 atom stereocenters. The number of rotatable bonds is 5. The minimum Gasteiger partial charge on any atom is -0.368 e. The van der Waals surface area contributed by atoms with E-state index in [0.717, 1.165) is 51.8 Å². The lowest BCUT2D eigenvalue weighted by molar-refractivity contribution is -0.131. The topological polar surface area (TPSA) is 71.5 Å². The van der Waals surface area contributed by atoms with Gasteiger partial charge in [-0.05, 0) is 19.1 Å². The zero-order valence-electron chi connectivity index (χ0n) is 18.2. The molecule has 1 N–H and O–H groups in total. The van der Waals surface area contributed by atoms with Gasteiger partial charge in [0, 0.05) is 77.9 Å². The molecule has 2 saturated heterocycles. The number of carbonyl (C=O) groups is 2. The molecule has 0 aromatic heterocycles. The van der Waals surface area contributed by atoms with Gasteiger partial charge in [-0.3, -0.25) is 14.6 Å². The van der Waals surface area contributed by atoms with Crippen molar-refractivity contribution < 1.29 is 9.59 Å². The van der Waals surface area contributed by atoms with E-state index in [1.165, 1.54) is 5.69 Å². The lowest BCUT2D eigenvalue weighted by Gasteiger charge is -2.36. The number of carbonyl (C=O) groups excluding carboxylic acids is 2. The van der Waals surface area contributed by atoms with Crippen LogP contribution in [0.4, 0.5) is 5.69 Å². The number of nitrogens with zero attached hydrogens (tertiary/aromatic N) is 5. The summed E-state index contributed by atoms with van der Waals surface area (Å²) in [6.07, 6.45) is 0.424. The molecule has 8 heteroatoms. The molecule has 3 rings (SSSR count). The number of para-hydroxylation sites is 1. The van der Waals surface area contributed by atoms with E-state index in [4.69, 9.17) is 0 Å². The second kappa shape index (κ2) is 10.8. The van der Waals surface area contributed by atoms with Crippen LogP contribution in [0, 0.1) is 0 Å². The number of amides is 2. The highest BCUT2D eigenvalue weighted by Crippen LogP contribution is 2.15. The van der Waals surface area contributed by atoms with E-state index in [1.807, 2.05) is 34.9 Å². The molecule has 1 aromatic carbocycles. The molecule has 2 heterocycles. The third-order valence-electron chi connectivity index (χ3n) is 5.70. The Balaban J connectivity index is 1.45. The number of guanidine groups is 1. The molecule has 2 aliphatic rings. The molecule has 0 radical (unpaired) electrons. The Bertz CT molecular complexity index is 722. The van der Waals surface area contributed by atoms with E-state index in [-0.39, 0.29) is 11.8 Å². The van der Waals surface area contributed by atoms with Crippen molar-refractivity contribution in [2.75, 3.05) is 70.3 Å². The van der Waals surface area contributed by atoms with Crippen LogP contribution in [0.3, 0.4) is 0 Å². The number of piperazine rings is 2. The first-order chi connectivity index (χ1) is 14.6. The predicted molar refractivity (Wildman–Crippen MR) is 120 cm³/mol. The first-order valence-corrected chi connectivity index (χ1v) is 10.9. The van der Waals surface area contributed by atoms with Gasteiger partial charge >= 0.3 is 0 Å². The normalized spacial score (nSPS) is 17.9. The van der Waals surface area contributed by atoms with Crippen molar-refractivity contribution in [3.63, 3.8) is 0 Å². The van der Waals surface area contributed by atoms with Gasteiger partial charge < -0.3 is 24.9 Å². The highest BCUT2D eigenvalue weighted by molar-refractivity contribution is 5.81. The number of benzene rings is 1. The van der Waals surface area contributed by atoms with Crippen molar-refractivity contribution in [1.29, 1.82) is 0 Å². The van der Waals surface area contributed by atoms with Crippen molar-refractivity contribution >= 4 is 23.5 Å². The molecule has 0 bridgehead atoms. The largest absolute Gasteiger partial charge is 0.368 e. The van der Waals surface area contributed by atoms with Gasteiger partial charge in [0.05, 0.1) is 6.54 Å². The minimum absolute atomic E-state index is 0.120. The fraction of sp³-hybridized carbons (Fsp3) is 0.591. The number of nitrogens with one attached hydrogen (secondary N) is 1. The molecule has 0 spiro atoms. The molecular formula is C22H34N6O2. The Hall–Kier alpha value is -2.77. The van der Waals surface area contributed by atoms with Gasteiger partial charge in [-0.2, -0.15) is 0 Å². The summed E-state index contributed by atoms with van der Waals surface area (Å²) in [6, 6.07) is 10.4. The average molecular weight is 415 g/mol. The van der Waals surface area contributed by atoms with Gasteiger partial charge in [0.25, 0.3) is 0 Å². The summed E-state index contributed by atoms with van der Waals surface area (Å²) < 4.78 is 0. The van der Waals surface area contributed by atoms with Crippen LogP contribution in [0.2, 0.25) is 0 Å². The molecule has 2 amide bonds. The van der Waals surface area contributed by atoms with E-state index in [2.05, 4.69) is 32.2 Å². The Morgan fingerprint density at radius 2 is 1.50 bits per heavy atom. The van der Waals surface area contributed by atoms with Crippen LogP contribution in [0.15, 0.2) is 35.3 Å². The third kappa shape index (κ3) is 5.87. The Morgan fingerprint density at radius 1 is 0.900 bits per heavy atom. The lowest BCUT2D eigenvalue weighted by Crippen LogP contribution is -2.53. The maximum Gasteiger partial charge on any atom is 0.224 e. The molecule has 1 aromatic rings. The molecule has 30 heavy (non-hydrogen) atoms. The first kappa shape index (κ1) is 21.9. The molecule has 0 aliphatic carbocycles. The Morgan fingerprint density at radius 3 is 2.10 bits per heavy atom. The van der Waals surface area contributed by atoms with Crippen LogP contribution in [-0.2, 0) is 9.59 Å². The van der Waals surface area contributed by atoms with Crippen LogP contribution in [0.5, 0.6) is 0 Å². The number of hydrogen-bond donors (Lipinski definition) is 1. The van der Waals surface area contributed by atoms with Gasteiger partial charge in [-0.1, -0.05) is 18.2 Å². The summed E-state index contributed by atoms with van der Waals surface area (Å²) in [6.45, 7) is 11.1. The number of hydrogen-bond acceptors (Lipinski definition) is 4. The lowest BCUT2D eigenvalue weighted by atomic mass is 10.2. The predicted octanol–water partition coefficient (Wildman–Crippen LogP) is 0.855. The summed E-state index contributed by atoms with van der Waals surface area (Å²) in [5, 5.41) is 3.31. The van der Waals surface area contributed by atoms with E-state index in [0.29, 0.717) is 26.1 Å². The Kier molecular flexibility index (Phi) is 7.93. The van der Waals surface area contributed by atoms with Crippen LogP contribution in [0.1, 0.15) is 20.3 Å². The third-order valence-corrected chi connectivity index (χ3v) is 5.70. The maximum atomic E-state index is 12.6. The first-order valence-electron chi connectivity index (χ1n) is 10.9. The average Bonchev–Trinajstić information content (AvgIpc) is 2.79. The monoisotopic (exact) mass is 414 g/mol. The van der Waals surface area contributed by atoms with Gasteiger partial charge in [-0.25, -0.2) is 0 Å². The molecule has 8 nitrogen and oxygen atoms in total. The quantitative estimate of drug-likeness (QED) is 0.572. The standard InChI is InChI=1S/C22H34N6O2/c1-3-23-22(28-17-11-25(12-18-28)19(2)29)24-10-9-21(30)27-15-13-26(14-16-27)20-7-5-4-6-8-20/h4-8H,3,9-18H2,1-2H3,(H,23,24). The van der Waals surface area contributed by atoms with Crippen molar-refractivity contribution in [2.45, 2.75) is 20.3 Å². The summed E-state index contributed by atoms with van der Waals surface area (Å²) in [7, 11) is 0. The van der Waals surface area contributed by atoms with Crippen molar-refractivity contribution in [2.24, 2.45) is 4.99 Å². The SMILES string of the molecule is CCNC(=NCCC(=O)N1CCN(c2ccccc2)CC1)N1CCN(C(C)=O)CC1. The Labute approximate surface area is 179 Å². The molecule has 2 fully saturated rings. The van der Waals surface area contributed by atoms with Crippen LogP contribution in [-0.4, -0.2) is 97.9 Å². The molecule has 2 aliphatic heterocycles. The molecule has 164 valence electrons. The van der Waals surface area contributed by atoms with Crippen LogP contribution >= 0.6 is 0 Å². The number of anilines is 1. The smallest absolute Gasteiger partial charge is 0.224 e. The zero-order valence-corrected chi connectivity index (χ0v) is 18.2. The summed E-state index contributed by atoms with van der Waals surface area (Å²) in [5.41, 5.74) is 1.22. The minimum atomic E-state index is 0.120. The highest BCUT2D eigenvalue weighted by atomic mass is 16.2. The molecule has 0 saturated carbocycles. The number of aliphatic imine (C=N–C) groups is 1. The van der Waals surface area contributed by atoms with Crippen molar-refractivity contribution in [3.05, 3.63) is 30.3 Å². The van der Waals surface area contributed by atoms with Crippen molar-refractivity contribution in [3.8, 4) is 0 Å². The van der Waals surface area contributed by atoms with E-state index >= 15 is 0 Å². The molecule has 0 unspecified atom stereocenters. The fourth-order valence-corrected chi connectivity index (χ4v) is 3.93. The summed E-state index contributed by atoms with van der Waals surface area (Å²) in [4.78, 5) is 37.1. The van der Waals surface area contributed by atoms with E-state index in [9.17, 15) is 9.59 Å². The zero-order chi connectivity index (χ0) is 21.3. The maximum absolute atomic E-state index is 12.6. The fourth-order valence-electron chi connectivity index (χ4n) is 3.93. The van der Waals surface area contributed by atoms with E-state index in [1.54, 1.807) is 6.92 Å². The van der Waals surface area contributed by atoms with Gasteiger partial charge in [0.1, 0.15) is 0 Å². The summed E-state index contributed by atoms with van der Waals surface area (Å²) in [5.74, 6) is 1.13. The van der Waals surface area contributed by atoms with Crippen LogP contribution in [0.25, 0.3) is 0 Å². The van der Waals surface area contributed by atoms with Gasteiger partial charge in [0.2, 0.25) is 11.8 Å². The van der Waals surface area contributed by atoms with Crippen LogP contribution < -0.4 is 10.2 Å². The van der Waals surface area contributed by atoms with Gasteiger partial charge in [0.15, 0.2) is 5.96 Å². The van der Waals surface area contributed by atoms with Gasteiger partial charge in [-0.15, -0.1) is 0 Å². The second-order valence-electron chi connectivity index (χ2n) is 7.68. The van der Waals surface area contributed by atoms with Crippen molar-refractivity contribution in [1.82, 2.24) is 20.0 Å². The highest BCUT2D eigenvalue weighted by Gasteiger charge is 2.22. The summed E-state index contributed by atoms with van der Waals surface area (Å²) >= 11 is 0. The second-order valence-corrected chi connectivity index (χ2v) is 7.68.